The van der Waals surface area contributed by atoms with Crippen LogP contribution in [0.4, 0.5) is 0 Å². The summed E-state index contributed by atoms with van der Waals surface area (Å²) in [5, 5.41) is 12.8. The van der Waals surface area contributed by atoms with Crippen LogP contribution in [0.5, 0.6) is 0 Å². The second-order valence-corrected chi connectivity index (χ2v) is 4.35. The van der Waals surface area contributed by atoms with E-state index in [-0.39, 0.29) is 11.1 Å². The summed E-state index contributed by atoms with van der Waals surface area (Å²) >= 11 is 0. The third kappa shape index (κ3) is 2.94. The van der Waals surface area contributed by atoms with Crippen LogP contribution in [0.1, 0.15) is 26.7 Å². The Labute approximate surface area is 88.9 Å². The molecule has 0 bridgehead atoms. The molecule has 1 aromatic heterocycles. The first-order chi connectivity index (χ1) is 6.96. The van der Waals surface area contributed by atoms with Crippen molar-refractivity contribution in [3.8, 4) is 6.07 Å². The Morgan fingerprint density at radius 2 is 2.27 bits per heavy atom. The minimum absolute atomic E-state index is 0.107. The molecule has 1 aromatic rings. The maximum absolute atomic E-state index is 11.4. The van der Waals surface area contributed by atoms with Crippen LogP contribution in [0.3, 0.4) is 0 Å². The lowest BCUT2D eigenvalue weighted by molar-refractivity contribution is 0.403. The highest BCUT2D eigenvalue weighted by molar-refractivity contribution is 4.91. The van der Waals surface area contributed by atoms with Crippen molar-refractivity contribution in [1.82, 2.24) is 14.3 Å². The third-order valence-corrected chi connectivity index (χ3v) is 2.36. The van der Waals surface area contributed by atoms with E-state index in [4.69, 9.17) is 5.26 Å². The number of aromatic nitrogens is 3. The quantitative estimate of drug-likeness (QED) is 0.738. The normalized spacial score (nSPS) is 11.3. The molecular formula is C10H16N4O. The van der Waals surface area contributed by atoms with Crippen LogP contribution >= 0.6 is 0 Å². The number of nitrogens with zero attached hydrogens (tertiary/aromatic N) is 4. The van der Waals surface area contributed by atoms with Crippen LogP contribution in [-0.2, 0) is 13.6 Å². The highest BCUT2D eigenvalue weighted by atomic mass is 16.2. The molecule has 0 unspecified atom stereocenters. The van der Waals surface area contributed by atoms with Gasteiger partial charge in [-0.05, 0) is 26.7 Å². The predicted octanol–water partition coefficient (Wildman–Crippen LogP) is 0.912. The summed E-state index contributed by atoms with van der Waals surface area (Å²) in [5.74, 6) is 0. The highest BCUT2D eigenvalue weighted by Crippen LogP contribution is 2.20. The number of hydrogen-bond acceptors (Lipinski definition) is 3. The Morgan fingerprint density at radius 1 is 1.60 bits per heavy atom. The average molecular weight is 208 g/mol. The number of hydrogen-bond donors (Lipinski definition) is 0. The summed E-state index contributed by atoms with van der Waals surface area (Å²) < 4.78 is 2.86. The summed E-state index contributed by atoms with van der Waals surface area (Å²) in [6.07, 6.45) is 3.06. The molecule has 0 saturated heterocycles. The van der Waals surface area contributed by atoms with Crippen molar-refractivity contribution in [2.75, 3.05) is 0 Å². The molecule has 0 aliphatic rings. The van der Waals surface area contributed by atoms with Gasteiger partial charge in [0.15, 0.2) is 0 Å². The molecular weight excluding hydrogens is 192 g/mol. The van der Waals surface area contributed by atoms with Gasteiger partial charge in [-0.2, -0.15) is 10.4 Å². The molecule has 0 aliphatic heterocycles. The van der Waals surface area contributed by atoms with Crippen LogP contribution in [0.25, 0.3) is 0 Å². The molecule has 1 heterocycles. The number of aryl methyl sites for hydroxylation is 2. The standard InChI is InChI=1S/C10H16N4O/c1-10(2,7-11)5-4-6-14-9(15)13(3)8-12-14/h8H,4-6H2,1-3H3. The van der Waals surface area contributed by atoms with E-state index >= 15 is 0 Å². The maximum Gasteiger partial charge on any atom is 0.345 e. The Balaban J connectivity index is 2.50. The first-order valence-corrected chi connectivity index (χ1v) is 4.96. The van der Waals surface area contributed by atoms with E-state index in [1.165, 1.54) is 15.6 Å². The predicted molar refractivity (Wildman–Crippen MR) is 56.1 cm³/mol. The Hall–Kier alpha value is -1.57. The first-order valence-electron chi connectivity index (χ1n) is 4.96. The van der Waals surface area contributed by atoms with Crippen molar-refractivity contribution >= 4 is 0 Å². The molecule has 0 atom stereocenters. The van der Waals surface area contributed by atoms with Gasteiger partial charge in [0.2, 0.25) is 0 Å². The summed E-state index contributed by atoms with van der Waals surface area (Å²) in [6, 6.07) is 2.23. The second-order valence-electron chi connectivity index (χ2n) is 4.35. The fourth-order valence-electron chi connectivity index (χ4n) is 1.30. The lowest BCUT2D eigenvalue weighted by atomic mass is 9.90. The van der Waals surface area contributed by atoms with Crippen LogP contribution < -0.4 is 5.69 Å². The molecule has 0 N–H and O–H groups in total. The van der Waals surface area contributed by atoms with Crippen molar-refractivity contribution in [2.45, 2.75) is 33.2 Å². The summed E-state index contributed by atoms with van der Waals surface area (Å²) in [4.78, 5) is 11.4. The molecule has 0 aromatic carbocycles. The van der Waals surface area contributed by atoms with E-state index in [9.17, 15) is 4.79 Å². The van der Waals surface area contributed by atoms with Gasteiger partial charge in [0.1, 0.15) is 6.33 Å². The molecule has 0 saturated carbocycles. The summed E-state index contributed by atoms with van der Waals surface area (Å²) in [5.41, 5.74) is -0.428. The maximum atomic E-state index is 11.4. The lowest BCUT2D eigenvalue weighted by Crippen LogP contribution is -2.23. The van der Waals surface area contributed by atoms with Crippen molar-refractivity contribution in [2.24, 2.45) is 12.5 Å². The van der Waals surface area contributed by atoms with Gasteiger partial charge in [-0.3, -0.25) is 4.57 Å². The van der Waals surface area contributed by atoms with Gasteiger partial charge in [0, 0.05) is 13.6 Å². The second kappa shape index (κ2) is 4.30. The van der Waals surface area contributed by atoms with Crippen LogP contribution in [0, 0.1) is 16.7 Å². The zero-order valence-electron chi connectivity index (χ0n) is 9.40. The number of rotatable bonds is 4. The molecule has 0 fully saturated rings. The van der Waals surface area contributed by atoms with Gasteiger partial charge in [-0.25, -0.2) is 9.48 Å². The van der Waals surface area contributed by atoms with E-state index in [1.54, 1.807) is 7.05 Å². The minimum Gasteiger partial charge on any atom is -0.285 e. The molecule has 82 valence electrons. The zero-order chi connectivity index (χ0) is 11.5. The monoisotopic (exact) mass is 208 g/mol. The first kappa shape index (κ1) is 11.5. The molecule has 5 nitrogen and oxygen atoms in total. The largest absolute Gasteiger partial charge is 0.345 e. The molecule has 15 heavy (non-hydrogen) atoms. The minimum atomic E-state index is -0.321. The van der Waals surface area contributed by atoms with Crippen LogP contribution in [0.15, 0.2) is 11.1 Å². The molecule has 5 heteroatoms. The fraction of sp³-hybridized carbons (Fsp3) is 0.700. The molecule has 0 spiro atoms. The highest BCUT2D eigenvalue weighted by Gasteiger charge is 2.16. The van der Waals surface area contributed by atoms with Crippen LogP contribution in [-0.4, -0.2) is 14.3 Å². The van der Waals surface area contributed by atoms with E-state index in [0.29, 0.717) is 6.54 Å². The smallest absolute Gasteiger partial charge is 0.285 e. The Kier molecular flexibility index (Phi) is 3.30. The van der Waals surface area contributed by atoms with E-state index in [0.717, 1.165) is 12.8 Å². The van der Waals surface area contributed by atoms with E-state index in [1.807, 2.05) is 13.8 Å². The zero-order valence-corrected chi connectivity index (χ0v) is 9.40. The van der Waals surface area contributed by atoms with Crippen molar-refractivity contribution in [3.05, 3.63) is 16.8 Å². The topological polar surface area (TPSA) is 63.6 Å². The Bertz CT molecular complexity index is 421. The van der Waals surface area contributed by atoms with Gasteiger partial charge >= 0.3 is 5.69 Å². The van der Waals surface area contributed by atoms with Gasteiger partial charge < -0.3 is 0 Å². The lowest BCUT2D eigenvalue weighted by Gasteiger charge is -2.13. The van der Waals surface area contributed by atoms with E-state index in [2.05, 4.69) is 11.2 Å². The van der Waals surface area contributed by atoms with Gasteiger partial charge in [0.05, 0.1) is 11.5 Å². The van der Waals surface area contributed by atoms with Crippen LogP contribution in [0.2, 0.25) is 0 Å². The molecule has 0 radical (unpaired) electrons. The Morgan fingerprint density at radius 3 is 2.73 bits per heavy atom. The van der Waals surface area contributed by atoms with Crippen molar-refractivity contribution in [3.63, 3.8) is 0 Å². The summed E-state index contributed by atoms with van der Waals surface area (Å²) in [6.45, 7) is 4.37. The van der Waals surface area contributed by atoms with E-state index < -0.39 is 0 Å². The SMILES string of the molecule is Cn1cnn(CCCC(C)(C)C#N)c1=O. The van der Waals surface area contributed by atoms with Crippen molar-refractivity contribution < 1.29 is 0 Å². The van der Waals surface area contributed by atoms with Crippen molar-refractivity contribution in [1.29, 1.82) is 5.26 Å². The van der Waals surface area contributed by atoms with Gasteiger partial charge in [-0.15, -0.1) is 0 Å². The fourth-order valence-corrected chi connectivity index (χ4v) is 1.30. The molecule has 0 amide bonds. The average Bonchev–Trinajstić information content (AvgIpc) is 2.49. The molecule has 1 rings (SSSR count). The number of nitriles is 1. The molecule has 0 aliphatic carbocycles. The van der Waals surface area contributed by atoms with Gasteiger partial charge in [-0.1, -0.05) is 0 Å². The summed E-state index contributed by atoms with van der Waals surface area (Å²) in [7, 11) is 1.67. The third-order valence-electron chi connectivity index (χ3n) is 2.36. The van der Waals surface area contributed by atoms with Gasteiger partial charge in [0.25, 0.3) is 0 Å².